The highest BCUT2D eigenvalue weighted by molar-refractivity contribution is 5.94. The summed E-state index contributed by atoms with van der Waals surface area (Å²) in [7, 11) is 1.94. The summed E-state index contributed by atoms with van der Waals surface area (Å²) in [5, 5.41) is 7.66. The monoisotopic (exact) mass is 449 g/mol. The molecule has 0 aromatic carbocycles. The smallest absolute Gasteiger partial charge is 0.272 e. The van der Waals surface area contributed by atoms with Crippen LogP contribution in [-0.2, 0) is 31.3 Å². The summed E-state index contributed by atoms with van der Waals surface area (Å²) in [6.45, 7) is 7.28. The number of rotatable bonds is 7. The Balaban J connectivity index is 1.25. The zero-order valence-electron chi connectivity index (χ0n) is 19.1. The topological polar surface area (TPSA) is 80.5 Å². The number of morpholine rings is 1. The maximum Gasteiger partial charge on any atom is 0.272 e. The summed E-state index contributed by atoms with van der Waals surface area (Å²) in [5.41, 5.74) is 5.02. The van der Waals surface area contributed by atoms with Gasteiger partial charge in [-0.25, -0.2) is 0 Å². The zero-order valence-corrected chi connectivity index (χ0v) is 19.1. The van der Waals surface area contributed by atoms with Gasteiger partial charge in [-0.3, -0.25) is 24.3 Å². The van der Waals surface area contributed by atoms with E-state index in [4.69, 9.17) is 4.74 Å². The van der Waals surface area contributed by atoms with Crippen molar-refractivity contribution in [3.8, 4) is 5.69 Å². The maximum atomic E-state index is 13.0. The van der Waals surface area contributed by atoms with Gasteiger partial charge in [0.05, 0.1) is 25.1 Å². The fraction of sp³-hybridized carbons (Fsp3) is 0.458. The Hall–Kier alpha value is -3.01. The summed E-state index contributed by atoms with van der Waals surface area (Å²) in [4.78, 5) is 21.9. The average molecular weight is 450 g/mol. The van der Waals surface area contributed by atoms with Crippen LogP contribution < -0.4 is 5.32 Å². The summed E-state index contributed by atoms with van der Waals surface area (Å²) in [5.74, 6) is -0.0827. The van der Waals surface area contributed by atoms with Crippen LogP contribution in [-0.4, -0.2) is 81.0 Å². The molecule has 33 heavy (non-hydrogen) atoms. The number of hydrogen-bond donors (Lipinski definition) is 1. The van der Waals surface area contributed by atoms with Gasteiger partial charge in [0.2, 0.25) is 0 Å². The van der Waals surface area contributed by atoms with Crippen molar-refractivity contribution in [2.24, 2.45) is 7.05 Å². The van der Waals surface area contributed by atoms with Gasteiger partial charge in [0.15, 0.2) is 5.69 Å². The lowest BCUT2D eigenvalue weighted by Gasteiger charge is -2.28. The van der Waals surface area contributed by atoms with Crippen molar-refractivity contribution in [3.63, 3.8) is 0 Å². The van der Waals surface area contributed by atoms with Crippen LogP contribution >= 0.6 is 0 Å². The van der Waals surface area contributed by atoms with Gasteiger partial charge in [0, 0.05) is 88.6 Å². The lowest BCUT2D eigenvalue weighted by Crippen LogP contribution is -2.41. The molecule has 174 valence electrons. The zero-order chi connectivity index (χ0) is 22.6. The van der Waals surface area contributed by atoms with E-state index in [1.165, 1.54) is 5.69 Å². The number of pyridine rings is 1. The number of fused-ring (bicyclic) bond motifs is 1. The third-order valence-corrected chi connectivity index (χ3v) is 6.50. The summed E-state index contributed by atoms with van der Waals surface area (Å²) in [6, 6.07) is 8.22. The highest BCUT2D eigenvalue weighted by Gasteiger charge is 2.27. The standard InChI is InChI=1S/C24H31N7O2/c1-28-22-6-10-30(17-20-5-3-9-31(20)19-4-2-7-25-16-19)18-21(22)23(27-28)24(32)26-8-11-29-12-14-33-15-13-29/h2-5,7,9,16H,6,8,10-15,17-18H2,1H3,(H,26,32). The second-order valence-electron chi connectivity index (χ2n) is 8.65. The highest BCUT2D eigenvalue weighted by atomic mass is 16.5. The number of aryl methyl sites for hydroxylation is 1. The van der Waals surface area contributed by atoms with Gasteiger partial charge >= 0.3 is 0 Å². The minimum atomic E-state index is -0.0827. The Labute approximate surface area is 194 Å². The molecule has 9 nitrogen and oxygen atoms in total. The van der Waals surface area contributed by atoms with Gasteiger partial charge in [-0.15, -0.1) is 0 Å². The van der Waals surface area contributed by atoms with Crippen LogP contribution in [0.1, 0.15) is 27.4 Å². The number of carbonyl (C=O) groups is 1. The Kier molecular flexibility index (Phi) is 6.52. The summed E-state index contributed by atoms with van der Waals surface area (Å²) in [6.07, 6.45) is 6.61. The lowest BCUT2D eigenvalue weighted by atomic mass is 10.0. The molecule has 0 radical (unpaired) electrons. The Morgan fingerprint density at radius 2 is 2.03 bits per heavy atom. The lowest BCUT2D eigenvalue weighted by molar-refractivity contribution is 0.0383. The molecule has 0 aliphatic carbocycles. The van der Waals surface area contributed by atoms with Crippen LogP contribution in [0.3, 0.4) is 0 Å². The molecule has 1 fully saturated rings. The molecule has 2 aliphatic heterocycles. The fourth-order valence-electron chi connectivity index (χ4n) is 4.72. The summed E-state index contributed by atoms with van der Waals surface area (Å²) >= 11 is 0. The Bertz CT molecular complexity index is 1090. The third kappa shape index (κ3) is 4.85. The molecule has 1 N–H and O–H groups in total. The molecule has 0 bridgehead atoms. The molecule has 3 aromatic heterocycles. The SMILES string of the molecule is Cn1nc(C(=O)NCCN2CCOCC2)c2c1CCN(Cc1cccn1-c1cccnc1)C2. The predicted molar refractivity (Wildman–Crippen MR) is 124 cm³/mol. The first kappa shape index (κ1) is 21.8. The van der Waals surface area contributed by atoms with Gasteiger partial charge in [-0.1, -0.05) is 0 Å². The number of ether oxygens (including phenoxy) is 1. The first-order chi connectivity index (χ1) is 16.2. The molecule has 1 amide bonds. The molecule has 3 aromatic rings. The van der Waals surface area contributed by atoms with E-state index in [9.17, 15) is 4.79 Å². The van der Waals surface area contributed by atoms with E-state index < -0.39 is 0 Å². The van der Waals surface area contributed by atoms with Crippen LogP contribution in [0.5, 0.6) is 0 Å². The molecular formula is C24H31N7O2. The van der Waals surface area contributed by atoms with Crippen LogP contribution in [0.25, 0.3) is 5.69 Å². The first-order valence-electron chi connectivity index (χ1n) is 11.6. The van der Waals surface area contributed by atoms with Crippen LogP contribution in [0.4, 0.5) is 0 Å². The van der Waals surface area contributed by atoms with Gasteiger partial charge in [0.25, 0.3) is 5.91 Å². The van der Waals surface area contributed by atoms with Crippen molar-refractivity contribution in [3.05, 3.63) is 65.5 Å². The molecule has 5 rings (SSSR count). The highest BCUT2D eigenvalue weighted by Crippen LogP contribution is 2.24. The number of hydrogen-bond acceptors (Lipinski definition) is 6. The third-order valence-electron chi connectivity index (χ3n) is 6.50. The van der Waals surface area contributed by atoms with E-state index in [0.29, 0.717) is 18.8 Å². The number of amides is 1. The van der Waals surface area contributed by atoms with Crippen molar-refractivity contribution in [2.45, 2.75) is 19.5 Å². The summed E-state index contributed by atoms with van der Waals surface area (Å²) < 4.78 is 9.44. The van der Waals surface area contributed by atoms with Gasteiger partial charge in [-0.05, 0) is 24.3 Å². The molecule has 0 spiro atoms. The molecule has 0 unspecified atom stereocenters. The largest absolute Gasteiger partial charge is 0.379 e. The molecule has 9 heteroatoms. The van der Waals surface area contributed by atoms with Crippen molar-refractivity contribution in [1.29, 1.82) is 0 Å². The van der Waals surface area contributed by atoms with Gasteiger partial charge in [0.1, 0.15) is 0 Å². The Morgan fingerprint density at radius 3 is 2.85 bits per heavy atom. The quantitative estimate of drug-likeness (QED) is 0.584. The molecule has 0 saturated carbocycles. The molecule has 0 atom stereocenters. The maximum absolute atomic E-state index is 13.0. The average Bonchev–Trinajstić information content (AvgIpc) is 3.44. The first-order valence-corrected chi connectivity index (χ1v) is 11.6. The predicted octanol–water partition coefficient (Wildman–Crippen LogP) is 1.23. The van der Waals surface area contributed by atoms with Gasteiger partial charge < -0.3 is 14.6 Å². The molecule has 5 heterocycles. The Morgan fingerprint density at radius 1 is 1.15 bits per heavy atom. The van der Waals surface area contributed by atoms with E-state index in [0.717, 1.165) is 69.3 Å². The fourth-order valence-corrected chi connectivity index (χ4v) is 4.72. The molecule has 1 saturated heterocycles. The van der Waals surface area contributed by atoms with Crippen LogP contribution in [0.2, 0.25) is 0 Å². The van der Waals surface area contributed by atoms with E-state index in [2.05, 4.69) is 54.2 Å². The number of nitrogens with one attached hydrogen (secondary N) is 1. The second kappa shape index (κ2) is 9.86. The van der Waals surface area contributed by atoms with Crippen molar-refractivity contribution in [2.75, 3.05) is 45.9 Å². The van der Waals surface area contributed by atoms with E-state index in [1.807, 2.05) is 24.0 Å². The molecular weight excluding hydrogens is 418 g/mol. The second-order valence-corrected chi connectivity index (χ2v) is 8.65. The van der Waals surface area contributed by atoms with Gasteiger partial charge in [-0.2, -0.15) is 5.10 Å². The number of aromatic nitrogens is 4. The molecule has 2 aliphatic rings. The minimum absolute atomic E-state index is 0.0827. The van der Waals surface area contributed by atoms with E-state index >= 15 is 0 Å². The van der Waals surface area contributed by atoms with Crippen molar-refractivity contribution in [1.82, 2.24) is 34.4 Å². The van der Waals surface area contributed by atoms with Crippen LogP contribution in [0.15, 0.2) is 42.9 Å². The number of nitrogens with zero attached hydrogens (tertiary/aromatic N) is 6. The van der Waals surface area contributed by atoms with E-state index in [1.54, 1.807) is 6.20 Å². The van der Waals surface area contributed by atoms with Crippen molar-refractivity contribution >= 4 is 5.91 Å². The van der Waals surface area contributed by atoms with E-state index in [-0.39, 0.29) is 5.91 Å². The normalized spacial score (nSPS) is 17.1. The van der Waals surface area contributed by atoms with Crippen LogP contribution in [0, 0.1) is 0 Å². The number of carbonyl (C=O) groups excluding carboxylic acids is 1. The van der Waals surface area contributed by atoms with Crippen molar-refractivity contribution < 1.29 is 9.53 Å². The minimum Gasteiger partial charge on any atom is -0.379 e.